The first-order chi connectivity index (χ1) is 8.28. The highest BCUT2D eigenvalue weighted by Gasteiger charge is 2.19. The Morgan fingerprint density at radius 3 is 2.39 bits per heavy atom. The van der Waals surface area contributed by atoms with Gasteiger partial charge in [-0.3, -0.25) is 0 Å². The first kappa shape index (κ1) is 14.6. The van der Waals surface area contributed by atoms with Crippen LogP contribution in [0.2, 0.25) is 0 Å². The second-order valence-corrected chi connectivity index (χ2v) is 5.77. The van der Waals surface area contributed by atoms with Crippen molar-refractivity contribution in [1.82, 2.24) is 0 Å². The Balaban J connectivity index is 2.75. The minimum absolute atomic E-state index is 0.508. The van der Waals surface area contributed by atoms with Crippen molar-refractivity contribution in [1.29, 1.82) is 0 Å². The number of hydrogen-bond donors (Lipinski definition) is 0. The van der Waals surface area contributed by atoms with Crippen LogP contribution in [0.25, 0.3) is 0 Å². The van der Waals surface area contributed by atoms with Gasteiger partial charge in [0.2, 0.25) is 0 Å². The summed E-state index contributed by atoms with van der Waals surface area (Å²) in [6.45, 7) is 9.70. The Labute approximate surface area is 109 Å². The van der Waals surface area contributed by atoms with E-state index in [1.807, 2.05) is 39.0 Å². The molecule has 0 aliphatic heterocycles. The van der Waals surface area contributed by atoms with Crippen LogP contribution in [0.4, 0.5) is 4.79 Å². The van der Waals surface area contributed by atoms with Crippen LogP contribution in [0, 0.1) is 5.92 Å². The van der Waals surface area contributed by atoms with Crippen molar-refractivity contribution in [2.75, 3.05) is 0 Å². The SMILES string of the molecule is CC(C)Cc1ccccc1OC(=O)OC(C)(C)C. The van der Waals surface area contributed by atoms with E-state index >= 15 is 0 Å². The van der Waals surface area contributed by atoms with E-state index in [-0.39, 0.29) is 0 Å². The lowest BCUT2D eigenvalue weighted by Crippen LogP contribution is -2.26. The van der Waals surface area contributed by atoms with Crippen LogP contribution in [0.5, 0.6) is 5.75 Å². The highest BCUT2D eigenvalue weighted by atomic mass is 16.7. The summed E-state index contributed by atoms with van der Waals surface area (Å²) in [6.07, 6.45) is 0.220. The number of rotatable bonds is 3. The molecule has 0 amide bonds. The van der Waals surface area contributed by atoms with Crippen molar-refractivity contribution < 1.29 is 14.3 Å². The molecule has 0 unspecified atom stereocenters. The smallest absolute Gasteiger partial charge is 0.428 e. The van der Waals surface area contributed by atoms with Gasteiger partial charge >= 0.3 is 6.16 Å². The number of hydrogen-bond acceptors (Lipinski definition) is 3. The third-order valence-electron chi connectivity index (χ3n) is 2.18. The highest BCUT2D eigenvalue weighted by Crippen LogP contribution is 2.22. The number of benzene rings is 1. The molecule has 0 bridgehead atoms. The van der Waals surface area contributed by atoms with Crippen molar-refractivity contribution in [2.24, 2.45) is 5.92 Å². The lowest BCUT2D eigenvalue weighted by molar-refractivity contribution is 0.0204. The van der Waals surface area contributed by atoms with Gasteiger partial charge in [-0.1, -0.05) is 32.0 Å². The van der Waals surface area contributed by atoms with E-state index in [0.717, 1.165) is 12.0 Å². The molecular weight excluding hydrogens is 228 g/mol. The van der Waals surface area contributed by atoms with Crippen LogP contribution < -0.4 is 4.74 Å². The lowest BCUT2D eigenvalue weighted by atomic mass is 10.0. The fraction of sp³-hybridized carbons (Fsp3) is 0.533. The number of ether oxygens (including phenoxy) is 2. The average Bonchev–Trinajstić information content (AvgIpc) is 2.17. The summed E-state index contributed by atoms with van der Waals surface area (Å²) in [5, 5.41) is 0. The van der Waals surface area contributed by atoms with Gasteiger partial charge in [-0.05, 0) is 44.7 Å². The van der Waals surface area contributed by atoms with Gasteiger partial charge < -0.3 is 9.47 Å². The number of para-hydroxylation sites is 1. The molecule has 18 heavy (non-hydrogen) atoms. The van der Waals surface area contributed by atoms with Crippen molar-refractivity contribution in [3.63, 3.8) is 0 Å². The molecule has 100 valence electrons. The third kappa shape index (κ3) is 5.21. The highest BCUT2D eigenvalue weighted by molar-refractivity contribution is 5.65. The van der Waals surface area contributed by atoms with Gasteiger partial charge in [-0.15, -0.1) is 0 Å². The average molecular weight is 250 g/mol. The number of carbonyl (C=O) groups excluding carboxylic acids is 1. The maximum Gasteiger partial charge on any atom is 0.514 e. The van der Waals surface area contributed by atoms with E-state index in [2.05, 4.69) is 13.8 Å². The monoisotopic (exact) mass is 250 g/mol. The fourth-order valence-electron chi connectivity index (χ4n) is 1.57. The van der Waals surface area contributed by atoms with Gasteiger partial charge in [0.1, 0.15) is 11.4 Å². The molecule has 3 heteroatoms. The van der Waals surface area contributed by atoms with E-state index < -0.39 is 11.8 Å². The quantitative estimate of drug-likeness (QED) is 0.595. The molecule has 0 saturated heterocycles. The van der Waals surface area contributed by atoms with Crippen LogP contribution in [0.3, 0.4) is 0 Å². The van der Waals surface area contributed by atoms with Gasteiger partial charge in [0.15, 0.2) is 0 Å². The van der Waals surface area contributed by atoms with Gasteiger partial charge in [-0.2, -0.15) is 0 Å². The van der Waals surface area contributed by atoms with E-state index in [0.29, 0.717) is 11.7 Å². The Hall–Kier alpha value is -1.51. The lowest BCUT2D eigenvalue weighted by Gasteiger charge is -2.19. The van der Waals surface area contributed by atoms with E-state index in [1.54, 1.807) is 6.07 Å². The summed E-state index contributed by atoms with van der Waals surface area (Å²) in [5.41, 5.74) is 0.489. The molecule has 0 spiro atoms. The molecule has 0 heterocycles. The minimum atomic E-state index is -0.654. The van der Waals surface area contributed by atoms with Crippen LogP contribution >= 0.6 is 0 Å². The van der Waals surface area contributed by atoms with Gasteiger partial charge in [0.25, 0.3) is 0 Å². The maximum atomic E-state index is 11.6. The molecule has 0 radical (unpaired) electrons. The van der Waals surface area contributed by atoms with Crippen LogP contribution in [-0.2, 0) is 11.2 Å². The van der Waals surface area contributed by atoms with Gasteiger partial charge in [-0.25, -0.2) is 4.79 Å². The molecule has 0 aliphatic carbocycles. The maximum absolute atomic E-state index is 11.6. The zero-order valence-electron chi connectivity index (χ0n) is 11.8. The van der Waals surface area contributed by atoms with E-state index in [1.165, 1.54) is 0 Å². The van der Waals surface area contributed by atoms with Gasteiger partial charge in [0.05, 0.1) is 0 Å². The zero-order valence-corrected chi connectivity index (χ0v) is 11.8. The summed E-state index contributed by atoms with van der Waals surface area (Å²) < 4.78 is 10.4. The molecule has 1 rings (SSSR count). The van der Waals surface area contributed by atoms with Crippen molar-refractivity contribution >= 4 is 6.16 Å². The molecule has 0 aliphatic rings. The van der Waals surface area contributed by atoms with Crippen molar-refractivity contribution in [3.8, 4) is 5.75 Å². The molecule has 1 aromatic carbocycles. The Morgan fingerprint density at radius 1 is 1.22 bits per heavy atom. The van der Waals surface area contributed by atoms with E-state index in [4.69, 9.17) is 9.47 Å². The summed E-state index contributed by atoms with van der Waals surface area (Å²) in [5.74, 6) is 1.09. The van der Waals surface area contributed by atoms with Crippen molar-refractivity contribution in [2.45, 2.75) is 46.6 Å². The second kappa shape index (κ2) is 5.89. The fourth-order valence-corrected chi connectivity index (χ4v) is 1.57. The predicted molar refractivity (Wildman–Crippen MR) is 71.8 cm³/mol. The second-order valence-electron chi connectivity index (χ2n) is 5.77. The first-order valence-corrected chi connectivity index (χ1v) is 6.26. The normalized spacial score (nSPS) is 11.4. The molecule has 0 aromatic heterocycles. The standard InChI is InChI=1S/C15H22O3/c1-11(2)10-12-8-6-7-9-13(12)17-14(16)18-15(3,4)5/h6-9,11H,10H2,1-5H3. The molecule has 3 nitrogen and oxygen atoms in total. The van der Waals surface area contributed by atoms with Crippen LogP contribution in [0.15, 0.2) is 24.3 Å². The first-order valence-electron chi connectivity index (χ1n) is 6.26. The summed E-state index contributed by atoms with van der Waals surface area (Å²) in [6, 6.07) is 7.56. The molecule has 0 saturated carbocycles. The van der Waals surface area contributed by atoms with Crippen LogP contribution in [0.1, 0.15) is 40.2 Å². The Kier molecular flexibility index (Phi) is 4.76. The minimum Gasteiger partial charge on any atom is -0.428 e. The largest absolute Gasteiger partial charge is 0.514 e. The van der Waals surface area contributed by atoms with Gasteiger partial charge in [0, 0.05) is 0 Å². The summed E-state index contributed by atoms with van der Waals surface area (Å²) in [7, 11) is 0. The van der Waals surface area contributed by atoms with E-state index in [9.17, 15) is 4.79 Å². The van der Waals surface area contributed by atoms with Crippen molar-refractivity contribution in [3.05, 3.63) is 29.8 Å². The third-order valence-corrected chi connectivity index (χ3v) is 2.18. The molecule has 1 aromatic rings. The van der Waals surface area contributed by atoms with Crippen LogP contribution in [-0.4, -0.2) is 11.8 Å². The predicted octanol–water partition coefficient (Wildman–Crippen LogP) is 4.20. The Morgan fingerprint density at radius 2 is 1.83 bits per heavy atom. The topological polar surface area (TPSA) is 35.5 Å². The Bertz CT molecular complexity index is 402. The molecule has 0 atom stereocenters. The number of carbonyl (C=O) groups is 1. The molecule has 0 fully saturated rings. The zero-order chi connectivity index (χ0) is 13.8. The summed E-state index contributed by atoms with van der Waals surface area (Å²) >= 11 is 0. The molecule has 0 N–H and O–H groups in total. The summed E-state index contributed by atoms with van der Waals surface area (Å²) in [4.78, 5) is 11.6. The molecular formula is C15H22O3.